The van der Waals surface area contributed by atoms with Gasteiger partial charge in [0.2, 0.25) is 10.0 Å². The van der Waals surface area contributed by atoms with E-state index in [-0.39, 0.29) is 5.75 Å². The monoisotopic (exact) mass is 400 g/mol. The minimum absolute atomic E-state index is 0.104. The third-order valence-electron chi connectivity index (χ3n) is 4.30. The van der Waals surface area contributed by atoms with Crippen LogP contribution >= 0.6 is 0 Å². The molecule has 0 bridgehead atoms. The molecular formula is C20H24N4O3S. The molecule has 0 saturated heterocycles. The van der Waals surface area contributed by atoms with Crippen molar-refractivity contribution in [3.63, 3.8) is 0 Å². The summed E-state index contributed by atoms with van der Waals surface area (Å²) in [6, 6.07) is 11.0. The predicted octanol–water partition coefficient (Wildman–Crippen LogP) is 3.58. The van der Waals surface area contributed by atoms with Crippen LogP contribution in [-0.4, -0.2) is 23.0 Å². The van der Waals surface area contributed by atoms with E-state index in [9.17, 15) is 8.42 Å². The van der Waals surface area contributed by atoms with Crippen LogP contribution in [0.5, 0.6) is 11.8 Å². The number of ether oxygens (including phenoxy) is 1. The third kappa shape index (κ3) is 4.96. The van der Waals surface area contributed by atoms with Crippen LogP contribution in [0, 0.1) is 6.92 Å². The fraction of sp³-hybridized carbons (Fsp3) is 0.300. The van der Waals surface area contributed by atoms with Crippen LogP contribution in [0.15, 0.2) is 55.0 Å². The molecule has 7 nitrogen and oxygen atoms in total. The maximum Gasteiger partial charge on any atom is 0.302 e. The van der Waals surface area contributed by atoms with Gasteiger partial charge < -0.3 is 4.74 Å². The topological polar surface area (TPSA) is 86.1 Å². The van der Waals surface area contributed by atoms with Crippen LogP contribution in [0.4, 0.5) is 0 Å². The molecule has 148 valence electrons. The molecule has 1 aromatic carbocycles. The first-order valence-electron chi connectivity index (χ1n) is 9.07. The maximum atomic E-state index is 12.5. The highest BCUT2D eigenvalue weighted by Crippen LogP contribution is 2.25. The Kier molecular flexibility index (Phi) is 6.11. The lowest BCUT2D eigenvalue weighted by Gasteiger charge is -2.17. The normalized spacial score (nSPS) is 12.7. The van der Waals surface area contributed by atoms with Crippen LogP contribution < -0.4 is 9.46 Å². The van der Waals surface area contributed by atoms with Gasteiger partial charge in [-0.2, -0.15) is 0 Å². The van der Waals surface area contributed by atoms with Crippen LogP contribution in [0.1, 0.15) is 36.7 Å². The van der Waals surface area contributed by atoms with Crippen molar-refractivity contribution in [3.8, 4) is 11.8 Å². The molecule has 0 saturated carbocycles. The minimum Gasteiger partial charge on any atom is -0.426 e. The van der Waals surface area contributed by atoms with Gasteiger partial charge in [-0.1, -0.05) is 17.7 Å². The second-order valence-corrected chi connectivity index (χ2v) is 8.33. The number of imidazole rings is 1. The summed E-state index contributed by atoms with van der Waals surface area (Å²) in [6.07, 6.45) is 4.80. The molecule has 1 unspecified atom stereocenters. The number of rotatable bonds is 8. The Morgan fingerprint density at radius 2 is 1.82 bits per heavy atom. The molecule has 2 aromatic heterocycles. The number of aryl methyl sites for hydroxylation is 1. The first-order chi connectivity index (χ1) is 13.4. The molecule has 3 aromatic rings. The quantitative estimate of drug-likeness (QED) is 0.625. The molecule has 0 amide bonds. The SMILES string of the molecule is CCn1c(C(C)NS(=O)(=O)Cc2ccncc2)cnc1Oc1ccc(C)cc1. The number of hydrogen-bond donors (Lipinski definition) is 1. The average Bonchev–Trinajstić information content (AvgIpc) is 3.06. The molecule has 0 aliphatic heterocycles. The summed E-state index contributed by atoms with van der Waals surface area (Å²) >= 11 is 0. The van der Waals surface area contributed by atoms with Crippen LogP contribution in [-0.2, 0) is 22.3 Å². The molecule has 0 aliphatic rings. The highest BCUT2D eigenvalue weighted by Gasteiger charge is 2.21. The number of aromatic nitrogens is 3. The number of benzene rings is 1. The largest absolute Gasteiger partial charge is 0.426 e. The number of sulfonamides is 1. The van der Waals surface area contributed by atoms with E-state index in [0.29, 0.717) is 23.9 Å². The van der Waals surface area contributed by atoms with Gasteiger partial charge in [0.1, 0.15) is 5.75 Å². The lowest BCUT2D eigenvalue weighted by Crippen LogP contribution is -2.29. The Morgan fingerprint density at radius 1 is 1.14 bits per heavy atom. The van der Waals surface area contributed by atoms with Crippen molar-refractivity contribution in [2.45, 2.75) is 39.1 Å². The summed E-state index contributed by atoms with van der Waals surface area (Å²) in [5.41, 5.74) is 2.56. The summed E-state index contributed by atoms with van der Waals surface area (Å²) in [6.45, 7) is 6.37. The Balaban J connectivity index is 1.75. The van der Waals surface area contributed by atoms with E-state index in [0.717, 1.165) is 11.3 Å². The van der Waals surface area contributed by atoms with Gasteiger partial charge in [-0.25, -0.2) is 18.1 Å². The molecule has 8 heteroatoms. The predicted molar refractivity (Wildman–Crippen MR) is 108 cm³/mol. The van der Waals surface area contributed by atoms with Gasteiger partial charge in [0.05, 0.1) is 23.7 Å². The Morgan fingerprint density at radius 3 is 2.46 bits per heavy atom. The van der Waals surface area contributed by atoms with E-state index in [1.165, 1.54) is 0 Å². The minimum atomic E-state index is -3.52. The van der Waals surface area contributed by atoms with Gasteiger partial charge in [-0.3, -0.25) is 9.55 Å². The molecule has 1 atom stereocenters. The van der Waals surface area contributed by atoms with E-state index in [1.807, 2.05) is 42.7 Å². The molecule has 0 fully saturated rings. The van der Waals surface area contributed by atoms with Crippen LogP contribution in [0.25, 0.3) is 0 Å². The van der Waals surface area contributed by atoms with Gasteiger partial charge in [-0.15, -0.1) is 0 Å². The number of pyridine rings is 1. The van der Waals surface area contributed by atoms with Crippen molar-refractivity contribution in [2.24, 2.45) is 0 Å². The lowest BCUT2D eigenvalue weighted by atomic mass is 10.2. The summed E-state index contributed by atoms with van der Waals surface area (Å²) in [4.78, 5) is 8.25. The maximum absolute atomic E-state index is 12.5. The summed E-state index contributed by atoms with van der Waals surface area (Å²) in [7, 11) is -3.52. The van der Waals surface area contributed by atoms with Crippen molar-refractivity contribution in [1.29, 1.82) is 0 Å². The summed E-state index contributed by atoms with van der Waals surface area (Å²) < 4.78 is 35.5. The van der Waals surface area contributed by atoms with E-state index < -0.39 is 16.1 Å². The smallest absolute Gasteiger partial charge is 0.302 e. The summed E-state index contributed by atoms with van der Waals surface area (Å²) in [5.74, 6) is 0.579. The lowest BCUT2D eigenvalue weighted by molar-refractivity contribution is 0.408. The second-order valence-electron chi connectivity index (χ2n) is 6.58. The molecule has 2 heterocycles. The zero-order valence-corrected chi connectivity index (χ0v) is 17.0. The van der Waals surface area contributed by atoms with Crippen molar-refractivity contribution < 1.29 is 13.2 Å². The zero-order valence-electron chi connectivity index (χ0n) is 16.2. The first kappa shape index (κ1) is 20.0. The van der Waals surface area contributed by atoms with Crippen LogP contribution in [0.3, 0.4) is 0 Å². The van der Waals surface area contributed by atoms with E-state index in [4.69, 9.17) is 4.74 Å². The third-order valence-corrected chi connectivity index (χ3v) is 5.73. The number of hydrogen-bond acceptors (Lipinski definition) is 5. The van der Waals surface area contributed by atoms with Gasteiger partial charge in [0.25, 0.3) is 0 Å². The standard InChI is InChI=1S/C20H24N4O3S/c1-4-24-19(13-22-20(24)27-18-7-5-15(2)6-8-18)16(3)23-28(25,26)14-17-9-11-21-12-10-17/h5-13,16,23H,4,14H2,1-3H3. The van der Waals surface area contributed by atoms with Gasteiger partial charge in [0, 0.05) is 18.9 Å². The highest BCUT2D eigenvalue weighted by molar-refractivity contribution is 7.88. The summed E-state index contributed by atoms with van der Waals surface area (Å²) in [5, 5.41) is 0. The molecule has 0 aliphatic carbocycles. The van der Waals surface area contributed by atoms with Gasteiger partial charge in [-0.05, 0) is 50.6 Å². The van der Waals surface area contributed by atoms with E-state index in [2.05, 4.69) is 14.7 Å². The first-order valence-corrected chi connectivity index (χ1v) is 10.7. The molecular weight excluding hydrogens is 376 g/mol. The fourth-order valence-corrected chi connectivity index (χ4v) is 4.27. The van der Waals surface area contributed by atoms with Gasteiger partial charge >= 0.3 is 6.01 Å². The van der Waals surface area contributed by atoms with Gasteiger partial charge in [0.15, 0.2) is 0 Å². The fourth-order valence-electron chi connectivity index (χ4n) is 2.90. The van der Waals surface area contributed by atoms with Crippen molar-refractivity contribution >= 4 is 10.0 Å². The Labute approximate surface area is 165 Å². The van der Waals surface area contributed by atoms with E-state index >= 15 is 0 Å². The second kappa shape index (κ2) is 8.53. The van der Waals surface area contributed by atoms with Crippen molar-refractivity contribution in [1.82, 2.24) is 19.3 Å². The molecule has 0 radical (unpaired) electrons. The molecule has 1 N–H and O–H groups in total. The number of nitrogens with zero attached hydrogens (tertiary/aromatic N) is 3. The highest BCUT2D eigenvalue weighted by atomic mass is 32.2. The van der Waals surface area contributed by atoms with Crippen molar-refractivity contribution in [2.75, 3.05) is 0 Å². The Hall–Kier alpha value is -2.71. The zero-order chi connectivity index (χ0) is 20.1. The number of nitrogens with one attached hydrogen (secondary N) is 1. The average molecular weight is 401 g/mol. The van der Waals surface area contributed by atoms with E-state index in [1.54, 1.807) is 37.6 Å². The molecule has 3 rings (SSSR count). The van der Waals surface area contributed by atoms with Crippen LogP contribution in [0.2, 0.25) is 0 Å². The molecule has 28 heavy (non-hydrogen) atoms. The Bertz CT molecular complexity index is 1020. The van der Waals surface area contributed by atoms with Crippen molar-refractivity contribution in [3.05, 3.63) is 71.8 Å². The molecule has 0 spiro atoms.